The number of nitrogens with zero attached hydrogens (tertiary/aromatic N) is 1. The molecule has 0 amide bonds. The Morgan fingerprint density at radius 1 is 1.14 bits per heavy atom. The highest BCUT2D eigenvalue weighted by Crippen LogP contribution is 2.40. The second kappa shape index (κ2) is 5.90. The molecule has 0 bridgehead atoms. The third-order valence-electron chi connectivity index (χ3n) is 4.62. The van der Waals surface area contributed by atoms with Gasteiger partial charge in [-0.15, -0.1) is 0 Å². The van der Waals surface area contributed by atoms with Gasteiger partial charge in [-0.25, -0.2) is 0 Å². The van der Waals surface area contributed by atoms with E-state index >= 15 is 0 Å². The number of hydrogen-bond acceptors (Lipinski definition) is 2. The van der Waals surface area contributed by atoms with Gasteiger partial charge in [0, 0.05) is 25.8 Å². The highest BCUT2D eigenvalue weighted by atomic mass is 15.1. The van der Waals surface area contributed by atoms with E-state index < -0.39 is 0 Å². The molecular formula is C19H24N2. The summed E-state index contributed by atoms with van der Waals surface area (Å²) in [6.45, 7) is 0. The number of hydrogen-bond donors (Lipinski definition) is 1. The van der Waals surface area contributed by atoms with Gasteiger partial charge in [0.25, 0.3) is 0 Å². The van der Waals surface area contributed by atoms with Crippen molar-refractivity contribution in [1.29, 1.82) is 0 Å². The SMILES string of the molecule is CNC(CC1Cc2ccccc21)c1cccc(N(C)C)c1. The summed E-state index contributed by atoms with van der Waals surface area (Å²) >= 11 is 0. The zero-order valence-electron chi connectivity index (χ0n) is 13.1. The van der Waals surface area contributed by atoms with Gasteiger partial charge in [-0.1, -0.05) is 36.4 Å². The number of nitrogens with one attached hydrogen (secondary N) is 1. The molecule has 2 atom stereocenters. The summed E-state index contributed by atoms with van der Waals surface area (Å²) in [5, 5.41) is 3.50. The van der Waals surface area contributed by atoms with E-state index in [1.807, 2.05) is 0 Å². The van der Waals surface area contributed by atoms with Crippen molar-refractivity contribution in [3.8, 4) is 0 Å². The maximum atomic E-state index is 3.50. The second-order valence-corrected chi connectivity index (χ2v) is 6.17. The smallest absolute Gasteiger partial charge is 0.0364 e. The zero-order valence-corrected chi connectivity index (χ0v) is 13.1. The van der Waals surface area contributed by atoms with Crippen LogP contribution in [0, 0.1) is 0 Å². The first-order valence-electron chi connectivity index (χ1n) is 7.71. The van der Waals surface area contributed by atoms with Gasteiger partial charge in [-0.3, -0.25) is 0 Å². The van der Waals surface area contributed by atoms with E-state index in [1.54, 1.807) is 5.56 Å². The van der Waals surface area contributed by atoms with Crippen molar-refractivity contribution in [2.45, 2.75) is 24.8 Å². The van der Waals surface area contributed by atoms with Crippen molar-refractivity contribution in [3.63, 3.8) is 0 Å². The molecule has 0 heterocycles. The Labute approximate surface area is 127 Å². The maximum absolute atomic E-state index is 3.50. The van der Waals surface area contributed by atoms with Gasteiger partial charge in [0.1, 0.15) is 0 Å². The quantitative estimate of drug-likeness (QED) is 0.897. The Kier molecular flexibility index (Phi) is 3.98. The molecule has 2 unspecified atom stereocenters. The predicted octanol–water partition coefficient (Wildman–Crippen LogP) is 3.74. The van der Waals surface area contributed by atoms with Crippen molar-refractivity contribution in [3.05, 3.63) is 65.2 Å². The van der Waals surface area contributed by atoms with E-state index in [2.05, 4.69) is 79.9 Å². The second-order valence-electron chi connectivity index (χ2n) is 6.17. The summed E-state index contributed by atoms with van der Waals surface area (Å²) in [7, 11) is 6.25. The van der Waals surface area contributed by atoms with Gasteiger partial charge in [-0.2, -0.15) is 0 Å². The van der Waals surface area contributed by atoms with Crippen LogP contribution in [-0.2, 0) is 6.42 Å². The fraction of sp³-hybridized carbons (Fsp3) is 0.368. The summed E-state index contributed by atoms with van der Waals surface area (Å²) in [6.07, 6.45) is 2.39. The third kappa shape index (κ3) is 2.81. The molecule has 2 aromatic carbocycles. The highest BCUT2D eigenvalue weighted by Gasteiger charge is 2.28. The molecular weight excluding hydrogens is 256 g/mol. The van der Waals surface area contributed by atoms with Crippen LogP contribution in [0.15, 0.2) is 48.5 Å². The van der Waals surface area contributed by atoms with Crippen LogP contribution in [-0.4, -0.2) is 21.1 Å². The zero-order chi connectivity index (χ0) is 14.8. The number of benzene rings is 2. The topological polar surface area (TPSA) is 15.3 Å². The molecule has 0 aliphatic heterocycles. The minimum Gasteiger partial charge on any atom is -0.378 e. The first kappa shape index (κ1) is 14.2. The molecule has 1 aliphatic rings. The van der Waals surface area contributed by atoms with Crippen LogP contribution in [0.2, 0.25) is 0 Å². The van der Waals surface area contributed by atoms with Crippen molar-refractivity contribution >= 4 is 5.69 Å². The predicted molar refractivity (Wildman–Crippen MR) is 90.1 cm³/mol. The molecule has 0 spiro atoms. The molecule has 2 heteroatoms. The molecule has 0 saturated carbocycles. The molecule has 110 valence electrons. The van der Waals surface area contributed by atoms with Crippen molar-refractivity contribution in [2.75, 3.05) is 26.0 Å². The Hall–Kier alpha value is -1.80. The minimum atomic E-state index is 0.420. The lowest BCUT2D eigenvalue weighted by molar-refractivity contribution is 0.452. The van der Waals surface area contributed by atoms with Gasteiger partial charge >= 0.3 is 0 Å². The fourth-order valence-corrected chi connectivity index (χ4v) is 3.30. The molecule has 0 radical (unpaired) electrons. The lowest BCUT2D eigenvalue weighted by Gasteiger charge is -2.33. The largest absolute Gasteiger partial charge is 0.378 e. The monoisotopic (exact) mass is 280 g/mol. The van der Waals surface area contributed by atoms with E-state index in [0.717, 1.165) is 0 Å². The molecule has 1 aliphatic carbocycles. The maximum Gasteiger partial charge on any atom is 0.0364 e. The van der Waals surface area contributed by atoms with Crippen molar-refractivity contribution < 1.29 is 0 Å². The average molecular weight is 280 g/mol. The van der Waals surface area contributed by atoms with E-state index in [-0.39, 0.29) is 0 Å². The van der Waals surface area contributed by atoms with Crippen LogP contribution in [0.3, 0.4) is 0 Å². The van der Waals surface area contributed by atoms with Crippen molar-refractivity contribution in [1.82, 2.24) is 5.32 Å². The van der Waals surface area contributed by atoms with Gasteiger partial charge in [0.05, 0.1) is 0 Å². The van der Waals surface area contributed by atoms with Crippen molar-refractivity contribution in [2.24, 2.45) is 0 Å². The van der Waals surface area contributed by atoms with Crippen LogP contribution in [0.5, 0.6) is 0 Å². The van der Waals surface area contributed by atoms with Gasteiger partial charge < -0.3 is 10.2 Å². The molecule has 3 rings (SSSR count). The number of rotatable bonds is 5. The molecule has 2 nitrogen and oxygen atoms in total. The number of anilines is 1. The summed E-state index contributed by atoms with van der Waals surface area (Å²) in [4.78, 5) is 2.16. The average Bonchev–Trinajstić information content (AvgIpc) is 2.49. The van der Waals surface area contributed by atoms with E-state index in [0.29, 0.717) is 12.0 Å². The van der Waals surface area contributed by atoms with Crippen LogP contribution in [0.1, 0.15) is 35.1 Å². The first-order valence-corrected chi connectivity index (χ1v) is 7.71. The third-order valence-corrected chi connectivity index (χ3v) is 4.62. The molecule has 0 aromatic heterocycles. The van der Waals surface area contributed by atoms with Gasteiger partial charge in [0.2, 0.25) is 0 Å². The molecule has 21 heavy (non-hydrogen) atoms. The van der Waals surface area contributed by atoms with Crippen LogP contribution in [0.4, 0.5) is 5.69 Å². The molecule has 0 saturated heterocycles. The summed E-state index contributed by atoms with van der Waals surface area (Å²) in [5.41, 5.74) is 5.72. The van der Waals surface area contributed by atoms with E-state index in [1.165, 1.54) is 29.7 Å². The minimum absolute atomic E-state index is 0.420. The fourth-order valence-electron chi connectivity index (χ4n) is 3.30. The Morgan fingerprint density at radius 2 is 1.95 bits per heavy atom. The Bertz CT molecular complexity index is 618. The molecule has 1 N–H and O–H groups in total. The standard InChI is InChI=1S/C19H24N2/c1-20-19(15-8-6-9-17(12-15)21(2)3)13-16-11-14-7-4-5-10-18(14)16/h4-10,12,16,19-20H,11,13H2,1-3H3. The molecule has 0 fully saturated rings. The van der Waals surface area contributed by atoms with Crippen LogP contribution < -0.4 is 10.2 Å². The Balaban J connectivity index is 1.76. The van der Waals surface area contributed by atoms with Crippen LogP contribution in [0.25, 0.3) is 0 Å². The summed E-state index contributed by atoms with van der Waals surface area (Å²) in [5.74, 6) is 0.696. The first-order chi connectivity index (χ1) is 10.2. The van der Waals surface area contributed by atoms with E-state index in [4.69, 9.17) is 0 Å². The Morgan fingerprint density at radius 3 is 2.67 bits per heavy atom. The lowest BCUT2D eigenvalue weighted by Crippen LogP contribution is -2.25. The number of fused-ring (bicyclic) bond motifs is 1. The molecule has 2 aromatic rings. The van der Waals surface area contributed by atoms with Crippen LogP contribution >= 0.6 is 0 Å². The lowest BCUT2D eigenvalue weighted by atomic mass is 9.74. The van der Waals surface area contributed by atoms with Gasteiger partial charge in [-0.05, 0) is 54.6 Å². The summed E-state index contributed by atoms with van der Waals surface area (Å²) < 4.78 is 0. The summed E-state index contributed by atoms with van der Waals surface area (Å²) in [6, 6.07) is 18.1. The normalized spacial score (nSPS) is 17.8. The highest BCUT2D eigenvalue weighted by molar-refractivity contribution is 5.48. The van der Waals surface area contributed by atoms with E-state index in [9.17, 15) is 0 Å². The van der Waals surface area contributed by atoms with Gasteiger partial charge in [0.15, 0.2) is 0 Å².